The number of ether oxygens (including phenoxy) is 1. The molecule has 4 aromatic rings. The largest absolute Gasteiger partial charge is 0.452 e. The highest BCUT2D eigenvalue weighted by Gasteiger charge is 2.25. The second kappa shape index (κ2) is 7.47. The average molecular weight is 404 g/mol. The number of nitro benzene ring substituents is 2. The molecule has 9 nitrogen and oxygen atoms in total. The summed E-state index contributed by atoms with van der Waals surface area (Å²) in [7, 11) is 0. The minimum atomic E-state index is -0.812. The highest BCUT2D eigenvalue weighted by Crippen LogP contribution is 2.38. The molecule has 9 heteroatoms. The van der Waals surface area contributed by atoms with Gasteiger partial charge in [0.1, 0.15) is 5.58 Å². The molecule has 0 aliphatic carbocycles. The summed E-state index contributed by atoms with van der Waals surface area (Å²) in [5.41, 5.74) is -0.783. The topological polar surface area (TPSA) is 126 Å². The molecule has 0 amide bonds. The van der Waals surface area contributed by atoms with Crippen molar-refractivity contribution < 1.29 is 19.0 Å². The van der Waals surface area contributed by atoms with E-state index < -0.39 is 26.7 Å². The lowest BCUT2D eigenvalue weighted by molar-refractivity contribution is -0.394. The molecule has 0 saturated carbocycles. The number of nitro groups is 2. The van der Waals surface area contributed by atoms with E-state index >= 15 is 0 Å². The molecule has 0 aliphatic heterocycles. The second-order valence-corrected chi connectivity index (χ2v) is 6.22. The van der Waals surface area contributed by atoms with Gasteiger partial charge in [-0.25, -0.2) is 0 Å². The Labute approximate surface area is 168 Å². The van der Waals surface area contributed by atoms with Crippen molar-refractivity contribution in [3.8, 4) is 22.8 Å². The van der Waals surface area contributed by atoms with Crippen LogP contribution in [-0.4, -0.2) is 9.85 Å². The standard InChI is InChI=1S/C21H12N2O7/c24-19-15-8-4-5-9-17(15)29-20(13-6-2-1-3-7-13)21(19)30-18-11-10-14(22(25)26)12-16(18)23(27)28/h1-12H. The van der Waals surface area contributed by atoms with E-state index in [0.717, 1.165) is 18.2 Å². The first-order valence-electron chi connectivity index (χ1n) is 8.67. The Hall–Kier alpha value is -4.53. The summed E-state index contributed by atoms with van der Waals surface area (Å²) in [5.74, 6) is -0.478. The second-order valence-electron chi connectivity index (χ2n) is 6.22. The fourth-order valence-electron chi connectivity index (χ4n) is 2.96. The predicted octanol–water partition coefficient (Wildman–Crippen LogP) is 5.07. The number of non-ortho nitro benzene ring substituents is 1. The molecule has 3 aromatic carbocycles. The number of para-hydroxylation sites is 1. The third-order valence-corrected chi connectivity index (χ3v) is 4.35. The van der Waals surface area contributed by atoms with Crippen LogP contribution in [0.25, 0.3) is 22.3 Å². The molecule has 0 aliphatic rings. The molecule has 0 radical (unpaired) electrons. The van der Waals surface area contributed by atoms with E-state index in [1.54, 1.807) is 54.6 Å². The number of nitrogens with zero attached hydrogens (tertiary/aromatic N) is 2. The summed E-state index contributed by atoms with van der Waals surface area (Å²) in [6.45, 7) is 0. The Morgan fingerprint density at radius 1 is 0.833 bits per heavy atom. The van der Waals surface area contributed by atoms with E-state index in [1.807, 2.05) is 0 Å². The van der Waals surface area contributed by atoms with Crippen LogP contribution in [0.5, 0.6) is 11.5 Å². The lowest BCUT2D eigenvalue weighted by Gasteiger charge is -2.11. The van der Waals surface area contributed by atoms with Crippen LogP contribution in [0.2, 0.25) is 0 Å². The number of fused-ring (bicyclic) bond motifs is 1. The Balaban J connectivity index is 1.95. The molecule has 30 heavy (non-hydrogen) atoms. The van der Waals surface area contributed by atoms with Gasteiger partial charge in [-0.2, -0.15) is 0 Å². The van der Waals surface area contributed by atoms with Gasteiger partial charge in [0, 0.05) is 11.6 Å². The van der Waals surface area contributed by atoms with E-state index in [4.69, 9.17) is 9.15 Å². The van der Waals surface area contributed by atoms with Crippen LogP contribution in [0.1, 0.15) is 0 Å². The fraction of sp³-hybridized carbons (Fsp3) is 0. The van der Waals surface area contributed by atoms with Crippen LogP contribution in [0.4, 0.5) is 11.4 Å². The van der Waals surface area contributed by atoms with E-state index in [9.17, 15) is 25.0 Å². The number of hydrogen-bond acceptors (Lipinski definition) is 7. The van der Waals surface area contributed by atoms with Crippen molar-refractivity contribution in [2.45, 2.75) is 0 Å². The molecule has 4 rings (SSSR count). The van der Waals surface area contributed by atoms with Crippen LogP contribution in [0, 0.1) is 20.2 Å². The van der Waals surface area contributed by atoms with Gasteiger partial charge < -0.3 is 9.15 Å². The zero-order valence-electron chi connectivity index (χ0n) is 15.2. The summed E-state index contributed by atoms with van der Waals surface area (Å²) < 4.78 is 11.6. The zero-order chi connectivity index (χ0) is 21.3. The highest BCUT2D eigenvalue weighted by atomic mass is 16.6. The van der Waals surface area contributed by atoms with Gasteiger partial charge in [0.15, 0.2) is 5.76 Å². The molecule has 148 valence electrons. The van der Waals surface area contributed by atoms with E-state index in [2.05, 4.69) is 0 Å². The molecular formula is C21H12N2O7. The molecule has 0 bridgehead atoms. The third kappa shape index (κ3) is 3.35. The van der Waals surface area contributed by atoms with Crippen LogP contribution in [-0.2, 0) is 0 Å². The lowest BCUT2D eigenvalue weighted by atomic mass is 10.1. The first-order valence-corrected chi connectivity index (χ1v) is 8.67. The normalized spacial score (nSPS) is 10.7. The van der Waals surface area contributed by atoms with Crippen LogP contribution in [0.15, 0.2) is 82.0 Å². The van der Waals surface area contributed by atoms with Crippen LogP contribution < -0.4 is 10.2 Å². The van der Waals surface area contributed by atoms with Gasteiger partial charge in [-0.05, 0) is 18.2 Å². The molecule has 0 unspecified atom stereocenters. The van der Waals surface area contributed by atoms with Gasteiger partial charge in [-0.15, -0.1) is 0 Å². The Morgan fingerprint density at radius 3 is 2.23 bits per heavy atom. The number of hydrogen-bond donors (Lipinski definition) is 0. The molecular weight excluding hydrogens is 392 g/mol. The predicted molar refractivity (Wildman–Crippen MR) is 108 cm³/mol. The molecule has 1 aromatic heterocycles. The molecule has 0 spiro atoms. The summed E-state index contributed by atoms with van der Waals surface area (Å²) in [6, 6.07) is 18.1. The van der Waals surface area contributed by atoms with Crippen LogP contribution >= 0.6 is 0 Å². The summed E-state index contributed by atoms with van der Waals surface area (Å²) >= 11 is 0. The van der Waals surface area contributed by atoms with Crippen molar-refractivity contribution in [1.29, 1.82) is 0 Å². The zero-order valence-corrected chi connectivity index (χ0v) is 15.2. The molecule has 1 heterocycles. The highest BCUT2D eigenvalue weighted by molar-refractivity contribution is 5.82. The lowest BCUT2D eigenvalue weighted by Crippen LogP contribution is -2.08. The van der Waals surface area contributed by atoms with E-state index in [-0.39, 0.29) is 22.6 Å². The van der Waals surface area contributed by atoms with Gasteiger partial charge >= 0.3 is 5.69 Å². The first kappa shape index (κ1) is 18.8. The smallest absolute Gasteiger partial charge is 0.318 e. The van der Waals surface area contributed by atoms with Crippen LogP contribution in [0.3, 0.4) is 0 Å². The molecule has 0 N–H and O–H groups in total. The van der Waals surface area contributed by atoms with E-state index in [0.29, 0.717) is 11.1 Å². The quantitative estimate of drug-likeness (QED) is 0.336. The van der Waals surface area contributed by atoms with Gasteiger partial charge in [-0.1, -0.05) is 42.5 Å². The van der Waals surface area contributed by atoms with Crippen molar-refractivity contribution in [2.75, 3.05) is 0 Å². The number of benzene rings is 3. The summed E-state index contributed by atoms with van der Waals surface area (Å²) in [6.07, 6.45) is 0. The van der Waals surface area contributed by atoms with Gasteiger partial charge in [0.25, 0.3) is 5.69 Å². The Morgan fingerprint density at radius 2 is 1.53 bits per heavy atom. The minimum absolute atomic E-state index is 0.0898. The van der Waals surface area contributed by atoms with Crippen molar-refractivity contribution in [3.05, 3.63) is 103 Å². The SMILES string of the molecule is O=c1c(Oc2ccc([N+](=O)[O-])cc2[N+](=O)[O-])c(-c2ccccc2)oc2ccccc12. The van der Waals surface area contributed by atoms with Crippen molar-refractivity contribution in [2.24, 2.45) is 0 Å². The van der Waals surface area contributed by atoms with Gasteiger partial charge in [0.05, 0.1) is 21.3 Å². The number of rotatable bonds is 5. The molecule has 0 atom stereocenters. The first-order chi connectivity index (χ1) is 14.5. The average Bonchev–Trinajstić information content (AvgIpc) is 2.76. The maximum atomic E-state index is 13.1. The fourth-order valence-corrected chi connectivity index (χ4v) is 2.96. The van der Waals surface area contributed by atoms with Gasteiger partial charge in [-0.3, -0.25) is 25.0 Å². The van der Waals surface area contributed by atoms with Crippen molar-refractivity contribution >= 4 is 22.3 Å². The summed E-state index contributed by atoms with van der Waals surface area (Å²) in [4.78, 5) is 34.0. The molecule has 0 saturated heterocycles. The maximum Gasteiger partial charge on any atom is 0.318 e. The summed E-state index contributed by atoms with van der Waals surface area (Å²) in [5, 5.41) is 22.6. The van der Waals surface area contributed by atoms with Crippen molar-refractivity contribution in [1.82, 2.24) is 0 Å². The maximum absolute atomic E-state index is 13.1. The third-order valence-electron chi connectivity index (χ3n) is 4.35. The Kier molecular flexibility index (Phi) is 4.69. The minimum Gasteiger partial charge on any atom is -0.452 e. The van der Waals surface area contributed by atoms with E-state index in [1.165, 1.54) is 0 Å². The Bertz CT molecular complexity index is 1350. The van der Waals surface area contributed by atoms with Gasteiger partial charge in [0.2, 0.25) is 16.9 Å². The monoisotopic (exact) mass is 404 g/mol. The molecule has 0 fully saturated rings. The van der Waals surface area contributed by atoms with Crippen molar-refractivity contribution in [3.63, 3.8) is 0 Å².